The van der Waals surface area contributed by atoms with E-state index in [4.69, 9.17) is 0 Å². The normalized spacial score (nSPS) is 17.9. The quantitative estimate of drug-likeness (QED) is 0.648. The number of thiophene rings is 1. The molecule has 2 aromatic heterocycles. The summed E-state index contributed by atoms with van der Waals surface area (Å²) in [4.78, 5) is 20.9. The third-order valence-electron chi connectivity index (χ3n) is 4.99. The number of nitrogens with one attached hydrogen (secondary N) is 2. The van der Waals surface area contributed by atoms with Crippen LogP contribution in [0.4, 0.5) is 5.69 Å². The molecule has 0 bridgehead atoms. The molecular weight excluding hydrogens is 408 g/mol. The molecule has 1 aromatic carbocycles. The van der Waals surface area contributed by atoms with Gasteiger partial charge in [-0.1, -0.05) is 0 Å². The van der Waals surface area contributed by atoms with Crippen LogP contribution in [0.3, 0.4) is 0 Å². The first kappa shape index (κ1) is 19.8. The Morgan fingerprint density at radius 1 is 1.24 bits per heavy atom. The van der Waals surface area contributed by atoms with Crippen molar-refractivity contribution in [1.82, 2.24) is 14.3 Å². The van der Waals surface area contributed by atoms with E-state index in [-0.39, 0.29) is 18.4 Å². The second-order valence-corrected chi connectivity index (χ2v) is 10.5. The van der Waals surface area contributed by atoms with Crippen molar-refractivity contribution in [1.29, 1.82) is 0 Å². The number of carbonyl (C=O) groups is 1. The fourth-order valence-electron chi connectivity index (χ4n) is 3.43. The van der Waals surface area contributed by atoms with E-state index in [0.717, 1.165) is 16.3 Å². The maximum atomic E-state index is 12.9. The summed E-state index contributed by atoms with van der Waals surface area (Å²) in [6, 6.07) is 10.8. The first-order chi connectivity index (χ1) is 13.9. The van der Waals surface area contributed by atoms with Gasteiger partial charge in [-0.15, -0.1) is 11.3 Å². The standard InChI is InChI=1S/C20H22N4O3S2/c1-14-4-9-18(28-14)29(26,27)24-12-2-3-16(13-24)20(25)23-17-7-5-15(6-8-17)19-21-10-11-22-19/h4-11,16H,2-3,12-13H2,1H3,(H,21,22)(H,23,25). The Morgan fingerprint density at radius 3 is 2.69 bits per heavy atom. The molecule has 1 aliphatic heterocycles. The number of benzene rings is 1. The molecule has 7 nitrogen and oxygen atoms in total. The fourth-order valence-corrected chi connectivity index (χ4v) is 6.39. The highest BCUT2D eigenvalue weighted by molar-refractivity contribution is 7.91. The third kappa shape index (κ3) is 4.26. The lowest BCUT2D eigenvalue weighted by Crippen LogP contribution is -2.43. The number of piperidine rings is 1. The Balaban J connectivity index is 1.42. The zero-order valence-electron chi connectivity index (χ0n) is 16.0. The summed E-state index contributed by atoms with van der Waals surface area (Å²) in [5, 5.41) is 2.91. The van der Waals surface area contributed by atoms with E-state index in [1.165, 1.54) is 15.6 Å². The number of hydrogen-bond donors (Lipinski definition) is 2. The minimum absolute atomic E-state index is 0.155. The average Bonchev–Trinajstić information content (AvgIpc) is 3.41. The molecule has 1 amide bonds. The molecule has 3 aromatic rings. The molecule has 1 saturated heterocycles. The van der Waals surface area contributed by atoms with Crippen LogP contribution in [0.2, 0.25) is 0 Å². The summed E-state index contributed by atoms with van der Waals surface area (Å²) in [6.07, 6.45) is 4.78. The van der Waals surface area contributed by atoms with Crippen molar-refractivity contribution in [2.75, 3.05) is 18.4 Å². The Labute approximate surface area is 173 Å². The Kier molecular flexibility index (Phi) is 5.53. The molecule has 3 heterocycles. The first-order valence-electron chi connectivity index (χ1n) is 9.41. The molecule has 9 heteroatoms. The number of aryl methyl sites for hydroxylation is 1. The SMILES string of the molecule is Cc1ccc(S(=O)(=O)N2CCCC(C(=O)Nc3ccc(-c4ncc[nH]4)cc3)C2)s1. The summed E-state index contributed by atoms with van der Waals surface area (Å²) in [6.45, 7) is 2.53. The highest BCUT2D eigenvalue weighted by atomic mass is 32.2. The monoisotopic (exact) mass is 430 g/mol. The summed E-state index contributed by atoms with van der Waals surface area (Å²) < 4.78 is 27.5. The topological polar surface area (TPSA) is 95.2 Å². The number of carbonyl (C=O) groups excluding carboxylic acids is 1. The van der Waals surface area contributed by atoms with Crippen LogP contribution in [0.5, 0.6) is 0 Å². The minimum atomic E-state index is -3.55. The van der Waals surface area contributed by atoms with Crippen LogP contribution >= 0.6 is 11.3 Å². The van der Waals surface area contributed by atoms with Crippen LogP contribution in [0.25, 0.3) is 11.4 Å². The van der Waals surface area contributed by atoms with Crippen molar-refractivity contribution in [3.63, 3.8) is 0 Å². The number of rotatable bonds is 5. The van der Waals surface area contributed by atoms with Gasteiger partial charge in [-0.2, -0.15) is 4.31 Å². The van der Waals surface area contributed by atoms with Gasteiger partial charge in [-0.25, -0.2) is 13.4 Å². The predicted molar refractivity (Wildman–Crippen MR) is 113 cm³/mol. The number of anilines is 1. The lowest BCUT2D eigenvalue weighted by molar-refractivity contribution is -0.120. The highest BCUT2D eigenvalue weighted by Gasteiger charge is 2.34. The second kappa shape index (κ2) is 8.10. The van der Waals surface area contributed by atoms with E-state index < -0.39 is 10.0 Å². The first-order valence-corrected chi connectivity index (χ1v) is 11.7. The van der Waals surface area contributed by atoms with Crippen molar-refractivity contribution < 1.29 is 13.2 Å². The smallest absolute Gasteiger partial charge is 0.252 e. The average molecular weight is 431 g/mol. The lowest BCUT2D eigenvalue weighted by atomic mass is 9.98. The lowest BCUT2D eigenvalue weighted by Gasteiger charge is -2.30. The van der Waals surface area contributed by atoms with Crippen molar-refractivity contribution in [2.45, 2.75) is 24.0 Å². The number of nitrogens with zero attached hydrogens (tertiary/aromatic N) is 2. The number of H-pyrrole nitrogens is 1. The van der Waals surface area contributed by atoms with Gasteiger partial charge in [-0.05, 0) is 56.2 Å². The van der Waals surface area contributed by atoms with Crippen LogP contribution in [0, 0.1) is 12.8 Å². The maximum absolute atomic E-state index is 12.9. The van der Waals surface area contributed by atoms with E-state index in [9.17, 15) is 13.2 Å². The van der Waals surface area contributed by atoms with Gasteiger partial charge in [0.2, 0.25) is 5.91 Å². The third-order valence-corrected chi connectivity index (χ3v) is 8.32. The molecule has 29 heavy (non-hydrogen) atoms. The van der Waals surface area contributed by atoms with Crippen molar-refractivity contribution in [2.24, 2.45) is 5.92 Å². The molecule has 0 spiro atoms. The molecule has 0 radical (unpaired) electrons. The molecule has 0 aliphatic carbocycles. The zero-order valence-corrected chi connectivity index (χ0v) is 17.6. The van der Waals surface area contributed by atoms with E-state index in [0.29, 0.717) is 29.3 Å². The molecule has 1 aliphatic rings. The van der Waals surface area contributed by atoms with Crippen LogP contribution in [-0.4, -0.2) is 41.7 Å². The molecular formula is C20H22N4O3S2. The second-order valence-electron chi connectivity index (χ2n) is 7.07. The minimum Gasteiger partial charge on any atom is -0.345 e. The summed E-state index contributed by atoms with van der Waals surface area (Å²) in [5.41, 5.74) is 1.60. The summed E-state index contributed by atoms with van der Waals surface area (Å²) in [7, 11) is -3.55. The molecule has 1 unspecified atom stereocenters. The van der Waals surface area contributed by atoms with E-state index in [1.807, 2.05) is 31.2 Å². The largest absolute Gasteiger partial charge is 0.345 e. The van der Waals surface area contributed by atoms with Gasteiger partial charge in [0.1, 0.15) is 10.0 Å². The van der Waals surface area contributed by atoms with Gasteiger partial charge in [0.25, 0.3) is 10.0 Å². The van der Waals surface area contributed by atoms with E-state index in [1.54, 1.807) is 24.5 Å². The van der Waals surface area contributed by atoms with Crippen LogP contribution in [0.1, 0.15) is 17.7 Å². The Morgan fingerprint density at radius 2 is 2.03 bits per heavy atom. The molecule has 2 N–H and O–H groups in total. The highest BCUT2D eigenvalue weighted by Crippen LogP contribution is 2.29. The predicted octanol–water partition coefficient (Wildman–Crippen LogP) is 3.49. The van der Waals surface area contributed by atoms with Gasteiger partial charge < -0.3 is 10.3 Å². The number of aromatic amines is 1. The molecule has 0 saturated carbocycles. The fraction of sp³-hybridized carbons (Fsp3) is 0.300. The summed E-state index contributed by atoms with van der Waals surface area (Å²) >= 11 is 1.26. The molecule has 1 fully saturated rings. The van der Waals surface area contributed by atoms with Crippen molar-refractivity contribution in [3.05, 3.63) is 53.7 Å². The van der Waals surface area contributed by atoms with Crippen LogP contribution in [-0.2, 0) is 14.8 Å². The van der Waals surface area contributed by atoms with Crippen LogP contribution < -0.4 is 5.32 Å². The van der Waals surface area contributed by atoms with E-state index in [2.05, 4.69) is 15.3 Å². The number of sulfonamides is 1. The number of imidazole rings is 1. The Bertz CT molecular complexity index is 1090. The van der Waals surface area contributed by atoms with E-state index >= 15 is 0 Å². The van der Waals surface area contributed by atoms with Gasteiger partial charge in [-0.3, -0.25) is 4.79 Å². The van der Waals surface area contributed by atoms with Crippen molar-refractivity contribution in [3.8, 4) is 11.4 Å². The number of hydrogen-bond acceptors (Lipinski definition) is 5. The molecule has 152 valence electrons. The van der Waals surface area contributed by atoms with Gasteiger partial charge in [0.05, 0.1) is 5.92 Å². The van der Waals surface area contributed by atoms with Crippen LogP contribution in [0.15, 0.2) is 53.0 Å². The summed E-state index contributed by atoms with van der Waals surface area (Å²) in [5.74, 6) is 0.238. The van der Waals surface area contributed by atoms with Crippen molar-refractivity contribution >= 4 is 33.0 Å². The Hall–Kier alpha value is -2.49. The zero-order chi connectivity index (χ0) is 20.4. The maximum Gasteiger partial charge on any atom is 0.252 e. The van der Waals surface area contributed by atoms with Gasteiger partial charge >= 0.3 is 0 Å². The molecule has 1 atom stereocenters. The number of amides is 1. The number of aromatic nitrogens is 2. The van der Waals surface area contributed by atoms with Gasteiger partial charge in [0.15, 0.2) is 0 Å². The van der Waals surface area contributed by atoms with Gasteiger partial charge in [0, 0.05) is 41.6 Å². The molecule has 4 rings (SSSR count).